The average Bonchev–Trinajstić information content (AvgIpc) is 2.67. The zero-order valence-electron chi connectivity index (χ0n) is 11.8. The van der Waals surface area contributed by atoms with Crippen molar-refractivity contribution in [2.24, 2.45) is 5.73 Å². The Morgan fingerprint density at radius 3 is 2.80 bits per heavy atom. The number of nitrogens with zero attached hydrogens (tertiary/aromatic N) is 2. The molecule has 0 spiro atoms. The first-order valence-electron chi connectivity index (χ1n) is 7.19. The lowest BCUT2D eigenvalue weighted by Gasteiger charge is -2.35. The van der Waals surface area contributed by atoms with Gasteiger partial charge in [-0.3, -0.25) is 14.5 Å². The van der Waals surface area contributed by atoms with E-state index >= 15 is 0 Å². The molecule has 4 amide bonds. The Balaban J connectivity index is 2.02. The summed E-state index contributed by atoms with van der Waals surface area (Å²) in [7, 11) is 0. The highest BCUT2D eigenvalue weighted by Crippen LogP contribution is 2.19. The Morgan fingerprint density at radius 1 is 1.40 bits per heavy atom. The average molecular weight is 282 g/mol. The topological polar surface area (TPSA) is 95.7 Å². The van der Waals surface area contributed by atoms with Crippen molar-refractivity contribution in [3.05, 3.63) is 0 Å². The van der Waals surface area contributed by atoms with Gasteiger partial charge in [-0.15, -0.1) is 0 Å². The van der Waals surface area contributed by atoms with Gasteiger partial charge in [-0.1, -0.05) is 19.8 Å². The Bertz CT molecular complexity index is 412. The van der Waals surface area contributed by atoms with Crippen LogP contribution < -0.4 is 11.1 Å². The summed E-state index contributed by atoms with van der Waals surface area (Å²) in [5, 5.41) is 2.68. The Hall–Kier alpha value is -1.63. The van der Waals surface area contributed by atoms with Crippen molar-refractivity contribution >= 4 is 17.8 Å². The molecule has 0 unspecified atom stereocenters. The zero-order chi connectivity index (χ0) is 14.7. The molecule has 2 saturated heterocycles. The summed E-state index contributed by atoms with van der Waals surface area (Å²) in [4.78, 5) is 38.5. The normalized spacial score (nSPS) is 27.8. The monoisotopic (exact) mass is 282 g/mol. The molecule has 112 valence electrons. The Morgan fingerprint density at radius 2 is 2.15 bits per heavy atom. The third kappa shape index (κ3) is 2.92. The molecule has 0 bridgehead atoms. The van der Waals surface area contributed by atoms with Crippen LogP contribution in [0.2, 0.25) is 0 Å². The lowest BCUT2D eigenvalue weighted by molar-refractivity contribution is -0.132. The minimum Gasteiger partial charge on any atom is -0.368 e. The van der Waals surface area contributed by atoms with Crippen molar-refractivity contribution in [2.45, 2.75) is 51.1 Å². The second-order valence-corrected chi connectivity index (χ2v) is 5.42. The van der Waals surface area contributed by atoms with E-state index in [1.807, 2.05) is 11.8 Å². The van der Waals surface area contributed by atoms with Crippen molar-refractivity contribution in [3.8, 4) is 0 Å². The van der Waals surface area contributed by atoms with E-state index < -0.39 is 6.04 Å². The SMILES string of the molecule is CCC[C@H]1NC(=O)N(CN2CCCC[C@H]2C(N)=O)C1=O. The number of nitrogens with one attached hydrogen (secondary N) is 1. The first-order valence-corrected chi connectivity index (χ1v) is 7.19. The predicted octanol–water partition coefficient (Wildman–Crippen LogP) is 0.00420. The van der Waals surface area contributed by atoms with Crippen LogP contribution in [0.3, 0.4) is 0 Å². The molecule has 2 aliphatic rings. The molecular formula is C13H22N4O3. The van der Waals surface area contributed by atoms with Gasteiger partial charge in [0.05, 0.1) is 12.7 Å². The van der Waals surface area contributed by atoms with E-state index in [2.05, 4.69) is 5.32 Å². The van der Waals surface area contributed by atoms with Gasteiger partial charge in [-0.25, -0.2) is 9.69 Å². The number of likely N-dealkylation sites (tertiary alicyclic amines) is 1. The van der Waals surface area contributed by atoms with Crippen LogP contribution in [0.25, 0.3) is 0 Å². The van der Waals surface area contributed by atoms with Crippen LogP contribution in [0.15, 0.2) is 0 Å². The van der Waals surface area contributed by atoms with Gasteiger partial charge in [0.2, 0.25) is 5.91 Å². The van der Waals surface area contributed by atoms with E-state index in [1.54, 1.807) is 0 Å². The Labute approximate surface area is 118 Å². The molecule has 0 aliphatic carbocycles. The van der Waals surface area contributed by atoms with Crippen LogP contribution in [-0.4, -0.2) is 52.9 Å². The molecule has 0 aromatic carbocycles. The number of hydrogen-bond acceptors (Lipinski definition) is 4. The minimum absolute atomic E-state index is 0.151. The van der Waals surface area contributed by atoms with Gasteiger partial charge in [0, 0.05) is 6.54 Å². The number of carbonyl (C=O) groups excluding carboxylic acids is 3. The van der Waals surface area contributed by atoms with E-state index in [9.17, 15) is 14.4 Å². The van der Waals surface area contributed by atoms with E-state index in [-0.39, 0.29) is 30.6 Å². The van der Waals surface area contributed by atoms with Gasteiger partial charge in [-0.2, -0.15) is 0 Å². The zero-order valence-corrected chi connectivity index (χ0v) is 11.8. The maximum absolute atomic E-state index is 12.2. The number of nitrogens with two attached hydrogens (primary N) is 1. The van der Waals surface area contributed by atoms with Crippen molar-refractivity contribution in [1.82, 2.24) is 15.1 Å². The number of urea groups is 1. The molecule has 0 radical (unpaired) electrons. The maximum atomic E-state index is 12.2. The molecule has 0 aromatic rings. The quantitative estimate of drug-likeness (QED) is 0.694. The number of piperidine rings is 1. The summed E-state index contributed by atoms with van der Waals surface area (Å²) in [5.41, 5.74) is 5.39. The second kappa shape index (κ2) is 6.21. The summed E-state index contributed by atoms with van der Waals surface area (Å²) in [6, 6.07) is -1.18. The molecule has 2 fully saturated rings. The predicted molar refractivity (Wildman–Crippen MR) is 72.5 cm³/mol. The highest BCUT2D eigenvalue weighted by molar-refractivity contribution is 6.04. The lowest BCUT2D eigenvalue weighted by atomic mass is 10.0. The number of hydrogen-bond donors (Lipinski definition) is 2. The summed E-state index contributed by atoms with van der Waals surface area (Å²) in [5.74, 6) is -0.590. The van der Waals surface area contributed by atoms with Crippen LogP contribution in [0.1, 0.15) is 39.0 Å². The molecule has 2 heterocycles. The first-order chi connectivity index (χ1) is 9.54. The molecule has 3 N–H and O–H groups in total. The molecule has 2 aliphatic heterocycles. The molecular weight excluding hydrogens is 260 g/mol. The molecule has 7 nitrogen and oxygen atoms in total. The Kier molecular flexibility index (Phi) is 4.59. The summed E-state index contributed by atoms with van der Waals surface area (Å²) < 4.78 is 0. The van der Waals surface area contributed by atoms with Crippen LogP contribution >= 0.6 is 0 Å². The highest BCUT2D eigenvalue weighted by Gasteiger charge is 2.39. The van der Waals surface area contributed by atoms with Gasteiger partial charge in [-0.05, 0) is 19.3 Å². The van der Waals surface area contributed by atoms with Crippen LogP contribution in [0.4, 0.5) is 4.79 Å². The van der Waals surface area contributed by atoms with Crippen molar-refractivity contribution in [1.29, 1.82) is 0 Å². The molecule has 7 heteroatoms. The largest absolute Gasteiger partial charge is 0.368 e. The number of rotatable bonds is 5. The van der Waals surface area contributed by atoms with E-state index in [0.717, 1.165) is 19.3 Å². The molecule has 20 heavy (non-hydrogen) atoms. The fourth-order valence-electron chi connectivity index (χ4n) is 2.86. The third-order valence-corrected chi connectivity index (χ3v) is 3.95. The van der Waals surface area contributed by atoms with Crippen molar-refractivity contribution < 1.29 is 14.4 Å². The fraction of sp³-hybridized carbons (Fsp3) is 0.769. The maximum Gasteiger partial charge on any atom is 0.325 e. The van der Waals surface area contributed by atoms with Gasteiger partial charge in [0.1, 0.15) is 6.04 Å². The minimum atomic E-state index is -0.427. The van der Waals surface area contributed by atoms with Crippen molar-refractivity contribution in [2.75, 3.05) is 13.2 Å². The van der Waals surface area contributed by atoms with E-state index in [1.165, 1.54) is 4.90 Å². The molecule has 2 rings (SSSR count). The number of carbonyl (C=O) groups is 3. The molecule has 0 aromatic heterocycles. The second-order valence-electron chi connectivity index (χ2n) is 5.42. The standard InChI is InChI=1S/C13H22N4O3/c1-2-5-9-12(19)17(13(20)15-9)8-16-7-4-3-6-10(16)11(14)18/h9-10H,2-8H2,1H3,(H2,14,18)(H,15,20)/t9-,10+/m1/s1. The third-order valence-electron chi connectivity index (χ3n) is 3.95. The molecule has 0 saturated carbocycles. The van der Waals surface area contributed by atoms with Gasteiger partial charge < -0.3 is 11.1 Å². The fourth-order valence-corrected chi connectivity index (χ4v) is 2.86. The van der Waals surface area contributed by atoms with Crippen LogP contribution in [0, 0.1) is 0 Å². The van der Waals surface area contributed by atoms with Crippen molar-refractivity contribution in [3.63, 3.8) is 0 Å². The van der Waals surface area contributed by atoms with E-state index in [4.69, 9.17) is 5.73 Å². The number of imide groups is 1. The smallest absolute Gasteiger partial charge is 0.325 e. The summed E-state index contributed by atoms with van der Waals surface area (Å²) >= 11 is 0. The number of primary amides is 1. The van der Waals surface area contributed by atoms with Gasteiger partial charge >= 0.3 is 6.03 Å². The van der Waals surface area contributed by atoms with Crippen LogP contribution in [0.5, 0.6) is 0 Å². The van der Waals surface area contributed by atoms with Gasteiger partial charge in [0.15, 0.2) is 0 Å². The van der Waals surface area contributed by atoms with E-state index in [0.29, 0.717) is 19.4 Å². The van der Waals surface area contributed by atoms with Crippen LogP contribution in [-0.2, 0) is 9.59 Å². The highest BCUT2D eigenvalue weighted by atomic mass is 16.2. The molecule has 2 atom stereocenters. The lowest BCUT2D eigenvalue weighted by Crippen LogP contribution is -2.53. The summed E-state index contributed by atoms with van der Waals surface area (Å²) in [6.07, 6.45) is 4.06. The summed E-state index contributed by atoms with van der Waals surface area (Å²) in [6.45, 7) is 2.80. The van der Waals surface area contributed by atoms with Gasteiger partial charge in [0.25, 0.3) is 5.91 Å². The first kappa shape index (κ1) is 14.8. The number of amides is 4.